The van der Waals surface area contributed by atoms with Crippen LogP contribution >= 0.6 is 0 Å². The molecule has 0 aliphatic rings. The molecule has 0 radical (unpaired) electrons. The van der Waals surface area contributed by atoms with Crippen molar-refractivity contribution >= 4 is 34.4 Å². The number of amides is 1. The topological polar surface area (TPSA) is 130 Å². The van der Waals surface area contributed by atoms with Gasteiger partial charge in [-0.05, 0) is 55.0 Å². The van der Waals surface area contributed by atoms with Crippen LogP contribution in [-0.2, 0) is 17.1 Å². The van der Waals surface area contributed by atoms with E-state index in [0.29, 0.717) is 0 Å². The van der Waals surface area contributed by atoms with Crippen molar-refractivity contribution in [2.45, 2.75) is 25.2 Å². The van der Waals surface area contributed by atoms with Crippen LogP contribution in [0.4, 0.5) is 37.8 Å². The normalized spacial score (nSPS) is 11.8. The molecule has 4 aromatic rings. The zero-order valence-electron chi connectivity index (χ0n) is 20.1. The maximum atomic E-state index is 13.6. The Morgan fingerprint density at radius 2 is 1.60 bits per heavy atom. The first kappa shape index (κ1) is 28.2. The van der Waals surface area contributed by atoms with Gasteiger partial charge in [0.1, 0.15) is 11.5 Å². The maximum Gasteiger partial charge on any atom is 0.418 e. The van der Waals surface area contributed by atoms with Gasteiger partial charge in [0.25, 0.3) is 5.91 Å². The summed E-state index contributed by atoms with van der Waals surface area (Å²) < 4.78 is 79.5. The summed E-state index contributed by atoms with van der Waals surface area (Å²) >= 11 is 0. The Morgan fingerprint density at radius 1 is 0.875 bits per heavy atom. The third kappa shape index (κ3) is 6.59. The zero-order chi connectivity index (χ0) is 29.1. The number of halogens is 6. The largest absolute Gasteiger partial charge is 0.481 e. The summed E-state index contributed by atoms with van der Waals surface area (Å²) in [6.45, 7) is -0.0372. The molecule has 1 amide bonds. The molecule has 0 atom stereocenters. The number of aliphatic carboxylic acids is 1. The molecular weight excluding hydrogens is 546 g/mol. The van der Waals surface area contributed by atoms with Crippen LogP contribution in [-0.4, -0.2) is 43.5 Å². The lowest BCUT2D eigenvalue weighted by atomic mass is 10.1. The number of nitrogens with one attached hydrogen (secondary N) is 2. The van der Waals surface area contributed by atoms with Crippen molar-refractivity contribution < 1.29 is 41.0 Å². The monoisotopic (exact) mass is 564 g/mol. The Bertz CT molecular complexity index is 1560. The van der Waals surface area contributed by atoms with Crippen LogP contribution in [0.3, 0.4) is 0 Å². The molecule has 0 fully saturated rings. The van der Waals surface area contributed by atoms with E-state index in [-0.39, 0.29) is 47.6 Å². The first-order chi connectivity index (χ1) is 18.8. The summed E-state index contributed by atoms with van der Waals surface area (Å²) in [4.78, 5) is 39.6. The fourth-order valence-corrected chi connectivity index (χ4v) is 3.58. The molecule has 0 bridgehead atoms. The van der Waals surface area contributed by atoms with Gasteiger partial charge in [-0.2, -0.15) is 26.3 Å². The minimum Gasteiger partial charge on any atom is -0.481 e. The van der Waals surface area contributed by atoms with Gasteiger partial charge in [-0.3, -0.25) is 14.6 Å². The van der Waals surface area contributed by atoms with Crippen LogP contribution in [0.5, 0.6) is 0 Å². The molecule has 9 nitrogen and oxygen atoms in total. The second-order valence-corrected chi connectivity index (χ2v) is 8.31. The van der Waals surface area contributed by atoms with Crippen LogP contribution in [0.15, 0.2) is 54.7 Å². The molecular formula is C25H18F6N6O3. The van der Waals surface area contributed by atoms with Gasteiger partial charge in [0.15, 0.2) is 5.65 Å². The third-order valence-corrected chi connectivity index (χ3v) is 5.45. The fourth-order valence-electron chi connectivity index (χ4n) is 3.58. The molecule has 3 N–H and O–H groups in total. The van der Waals surface area contributed by atoms with Gasteiger partial charge in [-0.1, -0.05) is 0 Å². The van der Waals surface area contributed by atoms with Crippen molar-refractivity contribution in [1.82, 2.24) is 25.3 Å². The van der Waals surface area contributed by atoms with Crippen LogP contribution in [0, 0.1) is 0 Å². The Labute approximate surface area is 221 Å². The lowest BCUT2D eigenvalue weighted by Gasteiger charge is -2.14. The Morgan fingerprint density at radius 3 is 2.25 bits per heavy atom. The van der Waals surface area contributed by atoms with Gasteiger partial charge in [-0.15, -0.1) is 0 Å². The lowest BCUT2D eigenvalue weighted by Crippen LogP contribution is -2.27. The summed E-state index contributed by atoms with van der Waals surface area (Å²) in [7, 11) is 0. The maximum absolute atomic E-state index is 13.6. The van der Waals surface area contributed by atoms with Crippen LogP contribution in [0.25, 0.3) is 22.4 Å². The number of hydrogen-bond acceptors (Lipinski definition) is 7. The van der Waals surface area contributed by atoms with Gasteiger partial charge in [0, 0.05) is 24.8 Å². The molecule has 3 aromatic heterocycles. The van der Waals surface area contributed by atoms with Crippen molar-refractivity contribution in [1.29, 1.82) is 0 Å². The highest BCUT2D eigenvalue weighted by Crippen LogP contribution is 2.36. The minimum absolute atomic E-state index is 0.0372. The number of rotatable bonds is 8. The average molecular weight is 564 g/mol. The SMILES string of the molecule is O=C(O)CCCNC(=O)c1nc(Nc2ccc(C(F)(F)F)cc2)c2ccc(-c3ncccc3C(F)(F)F)nc2n1. The van der Waals surface area contributed by atoms with Gasteiger partial charge >= 0.3 is 18.3 Å². The zero-order valence-corrected chi connectivity index (χ0v) is 20.1. The molecule has 0 spiro atoms. The van der Waals surface area contributed by atoms with Crippen molar-refractivity contribution in [2.75, 3.05) is 11.9 Å². The van der Waals surface area contributed by atoms with Gasteiger partial charge in [-0.25, -0.2) is 15.0 Å². The number of nitrogens with zero attached hydrogens (tertiary/aromatic N) is 4. The highest BCUT2D eigenvalue weighted by molar-refractivity contribution is 5.96. The number of carboxylic acid groups (broad SMARTS) is 1. The predicted molar refractivity (Wildman–Crippen MR) is 129 cm³/mol. The number of fused-ring (bicyclic) bond motifs is 1. The summed E-state index contributed by atoms with van der Waals surface area (Å²) in [6.07, 6.45) is -8.25. The van der Waals surface area contributed by atoms with Gasteiger partial charge in [0.2, 0.25) is 5.82 Å². The molecule has 4 rings (SSSR count). The second kappa shape index (κ2) is 11.1. The van der Waals surface area contributed by atoms with Crippen molar-refractivity contribution in [3.63, 3.8) is 0 Å². The molecule has 0 unspecified atom stereocenters. The summed E-state index contributed by atoms with van der Waals surface area (Å²) in [5.74, 6) is -2.41. The number of aromatic nitrogens is 4. The Kier molecular flexibility index (Phi) is 7.84. The highest BCUT2D eigenvalue weighted by Gasteiger charge is 2.35. The van der Waals surface area contributed by atoms with E-state index < -0.39 is 46.9 Å². The minimum atomic E-state index is -4.73. The van der Waals surface area contributed by atoms with Crippen molar-refractivity contribution in [3.8, 4) is 11.4 Å². The van der Waals surface area contributed by atoms with E-state index in [0.717, 1.165) is 42.6 Å². The average Bonchev–Trinajstić information content (AvgIpc) is 2.89. The second-order valence-electron chi connectivity index (χ2n) is 8.31. The van der Waals surface area contributed by atoms with Crippen LogP contribution in [0.1, 0.15) is 34.6 Å². The van der Waals surface area contributed by atoms with E-state index in [1.54, 1.807) is 0 Å². The van der Waals surface area contributed by atoms with E-state index in [2.05, 4.69) is 30.6 Å². The quantitative estimate of drug-likeness (QED) is 0.190. The molecule has 0 saturated heterocycles. The van der Waals surface area contributed by atoms with Crippen molar-refractivity contribution in [3.05, 3.63) is 71.7 Å². The molecule has 208 valence electrons. The first-order valence-electron chi connectivity index (χ1n) is 11.5. The number of benzene rings is 1. The molecule has 0 saturated carbocycles. The third-order valence-electron chi connectivity index (χ3n) is 5.45. The number of alkyl halides is 6. The van der Waals surface area contributed by atoms with E-state index in [1.807, 2.05) is 0 Å². The number of pyridine rings is 2. The smallest absolute Gasteiger partial charge is 0.418 e. The summed E-state index contributed by atoms with van der Waals surface area (Å²) in [5, 5.41) is 14.1. The molecule has 15 heteroatoms. The number of carboxylic acids is 1. The molecule has 3 heterocycles. The van der Waals surface area contributed by atoms with E-state index >= 15 is 0 Å². The summed E-state index contributed by atoms with van der Waals surface area (Å²) in [5.41, 5.74) is -2.66. The summed E-state index contributed by atoms with van der Waals surface area (Å²) in [6, 6.07) is 8.47. The predicted octanol–water partition coefficient (Wildman–Crippen LogP) is 5.46. The standard InChI is InChI=1S/C25H18F6N6O3/c26-24(27,28)13-5-7-14(8-6-13)34-20-15-9-10-17(19-16(25(29,30)31)3-1-11-32-19)35-21(15)37-22(36-20)23(40)33-12-2-4-18(38)39/h1,3,5-11H,2,4,12H2,(H,33,40)(H,38,39)(H,34,35,36,37). The van der Waals surface area contributed by atoms with Crippen LogP contribution in [0.2, 0.25) is 0 Å². The van der Waals surface area contributed by atoms with E-state index in [4.69, 9.17) is 5.11 Å². The number of carbonyl (C=O) groups excluding carboxylic acids is 1. The molecule has 40 heavy (non-hydrogen) atoms. The molecule has 1 aromatic carbocycles. The van der Waals surface area contributed by atoms with Gasteiger partial charge < -0.3 is 15.7 Å². The van der Waals surface area contributed by atoms with E-state index in [1.165, 1.54) is 12.1 Å². The lowest BCUT2D eigenvalue weighted by molar-refractivity contribution is -0.138. The Hall–Kier alpha value is -4.82. The molecule has 0 aliphatic heterocycles. The van der Waals surface area contributed by atoms with Crippen molar-refractivity contribution in [2.24, 2.45) is 0 Å². The number of anilines is 2. The van der Waals surface area contributed by atoms with E-state index in [9.17, 15) is 35.9 Å². The highest BCUT2D eigenvalue weighted by atomic mass is 19.4. The fraction of sp³-hybridized carbons (Fsp3) is 0.200. The molecule has 0 aliphatic carbocycles. The number of hydrogen-bond donors (Lipinski definition) is 3. The first-order valence-corrected chi connectivity index (χ1v) is 11.5. The Balaban J connectivity index is 1.76. The van der Waals surface area contributed by atoms with Gasteiger partial charge in [0.05, 0.1) is 22.2 Å². The number of carbonyl (C=O) groups is 2. The van der Waals surface area contributed by atoms with Crippen LogP contribution < -0.4 is 10.6 Å².